The molecule has 0 radical (unpaired) electrons. The lowest BCUT2D eigenvalue weighted by Crippen LogP contribution is -2.22. The van der Waals surface area contributed by atoms with Crippen molar-refractivity contribution in [2.45, 2.75) is 20.8 Å². The smallest absolute Gasteiger partial charge is 0.228 e. The van der Waals surface area contributed by atoms with Gasteiger partial charge in [-0.25, -0.2) is 0 Å². The standard InChI is InChI=1S/C7H11ClO2S/c1-5(9)11-4-7(2,3)6(8)10/h4H2,1-3H3. The molecule has 0 aromatic rings. The molecule has 0 bridgehead atoms. The maximum Gasteiger partial charge on any atom is 0.228 e. The molecule has 64 valence electrons. The molecule has 0 rings (SSSR count). The van der Waals surface area contributed by atoms with Crippen molar-refractivity contribution in [1.82, 2.24) is 0 Å². The van der Waals surface area contributed by atoms with Crippen molar-refractivity contribution in [3.8, 4) is 0 Å². The summed E-state index contributed by atoms with van der Waals surface area (Å²) in [7, 11) is 0. The average molecular weight is 195 g/mol. The van der Waals surface area contributed by atoms with E-state index in [1.807, 2.05) is 0 Å². The van der Waals surface area contributed by atoms with Crippen molar-refractivity contribution in [1.29, 1.82) is 0 Å². The van der Waals surface area contributed by atoms with Gasteiger partial charge in [0.2, 0.25) is 5.24 Å². The second-order valence-electron chi connectivity index (χ2n) is 2.94. The molecule has 0 aromatic carbocycles. The lowest BCUT2D eigenvalue weighted by atomic mass is 9.99. The summed E-state index contributed by atoms with van der Waals surface area (Å²) in [6.45, 7) is 4.91. The van der Waals surface area contributed by atoms with E-state index in [0.29, 0.717) is 5.75 Å². The monoisotopic (exact) mass is 194 g/mol. The van der Waals surface area contributed by atoms with Gasteiger partial charge in [-0.05, 0) is 11.6 Å². The van der Waals surface area contributed by atoms with Crippen LogP contribution in [0.1, 0.15) is 20.8 Å². The number of thioether (sulfide) groups is 1. The molecule has 0 atom stereocenters. The maximum absolute atomic E-state index is 10.7. The van der Waals surface area contributed by atoms with Crippen molar-refractivity contribution in [2.24, 2.45) is 5.41 Å². The molecule has 0 N–H and O–H groups in total. The molecule has 11 heavy (non-hydrogen) atoms. The Morgan fingerprint density at radius 3 is 2.18 bits per heavy atom. The first-order chi connectivity index (χ1) is 4.86. The largest absolute Gasteiger partial charge is 0.288 e. The van der Waals surface area contributed by atoms with Crippen LogP contribution >= 0.6 is 23.4 Å². The van der Waals surface area contributed by atoms with Crippen molar-refractivity contribution in [2.75, 3.05) is 5.75 Å². The third-order valence-corrected chi connectivity index (χ3v) is 2.95. The summed E-state index contributed by atoms with van der Waals surface area (Å²) in [5, 5.41) is -0.387. The highest BCUT2D eigenvalue weighted by molar-refractivity contribution is 8.13. The van der Waals surface area contributed by atoms with Gasteiger partial charge in [0.15, 0.2) is 5.12 Å². The van der Waals surface area contributed by atoms with Crippen LogP contribution < -0.4 is 0 Å². The highest BCUT2D eigenvalue weighted by atomic mass is 35.5. The lowest BCUT2D eigenvalue weighted by molar-refractivity contribution is -0.117. The van der Waals surface area contributed by atoms with Crippen LogP contribution in [0, 0.1) is 5.41 Å². The van der Waals surface area contributed by atoms with E-state index >= 15 is 0 Å². The van der Waals surface area contributed by atoms with Gasteiger partial charge in [-0.2, -0.15) is 0 Å². The first-order valence-corrected chi connectivity index (χ1v) is 4.56. The summed E-state index contributed by atoms with van der Waals surface area (Å²) in [5.41, 5.74) is -0.599. The van der Waals surface area contributed by atoms with Gasteiger partial charge in [0.05, 0.1) is 0 Å². The number of carbonyl (C=O) groups excluding carboxylic acids is 2. The summed E-state index contributed by atoms with van der Waals surface area (Å²) in [6, 6.07) is 0. The van der Waals surface area contributed by atoms with Crippen LogP contribution in [-0.2, 0) is 9.59 Å². The zero-order valence-electron chi connectivity index (χ0n) is 6.81. The molecule has 0 saturated carbocycles. The molecule has 0 aliphatic heterocycles. The molecule has 2 nitrogen and oxygen atoms in total. The Morgan fingerprint density at radius 2 is 1.91 bits per heavy atom. The van der Waals surface area contributed by atoms with Crippen LogP contribution in [-0.4, -0.2) is 16.1 Å². The summed E-state index contributed by atoms with van der Waals surface area (Å²) < 4.78 is 0. The van der Waals surface area contributed by atoms with E-state index in [-0.39, 0.29) is 5.12 Å². The molecule has 4 heteroatoms. The Labute approximate surface area is 75.7 Å². The van der Waals surface area contributed by atoms with E-state index in [1.54, 1.807) is 13.8 Å². The van der Waals surface area contributed by atoms with Gasteiger partial charge in [-0.15, -0.1) is 0 Å². The van der Waals surface area contributed by atoms with Gasteiger partial charge in [0.1, 0.15) is 0 Å². The van der Waals surface area contributed by atoms with Crippen LogP contribution in [0.5, 0.6) is 0 Å². The van der Waals surface area contributed by atoms with Crippen molar-refractivity contribution < 1.29 is 9.59 Å². The predicted octanol–water partition coefficient (Wildman–Crippen LogP) is 2.06. The lowest BCUT2D eigenvalue weighted by Gasteiger charge is -2.17. The first-order valence-electron chi connectivity index (χ1n) is 3.19. The third-order valence-electron chi connectivity index (χ3n) is 1.17. The first kappa shape index (κ1) is 11.0. The van der Waals surface area contributed by atoms with Crippen LogP contribution in [0.2, 0.25) is 0 Å². The quantitative estimate of drug-likeness (QED) is 0.645. The van der Waals surface area contributed by atoms with E-state index in [2.05, 4.69) is 0 Å². The van der Waals surface area contributed by atoms with Gasteiger partial charge < -0.3 is 0 Å². The number of hydrogen-bond acceptors (Lipinski definition) is 3. The molecule has 0 unspecified atom stereocenters. The SMILES string of the molecule is CC(=O)SCC(C)(C)C(=O)Cl. The van der Waals surface area contributed by atoms with Gasteiger partial charge in [0.25, 0.3) is 0 Å². The predicted molar refractivity (Wildman–Crippen MR) is 47.8 cm³/mol. The number of hydrogen-bond donors (Lipinski definition) is 0. The molecule has 0 aromatic heterocycles. The van der Waals surface area contributed by atoms with E-state index in [4.69, 9.17) is 11.6 Å². The molecule has 0 fully saturated rings. The molecular weight excluding hydrogens is 184 g/mol. The Morgan fingerprint density at radius 1 is 1.45 bits per heavy atom. The van der Waals surface area contributed by atoms with Crippen molar-refractivity contribution >= 4 is 33.7 Å². The van der Waals surface area contributed by atoms with Gasteiger partial charge >= 0.3 is 0 Å². The Kier molecular flexibility index (Phi) is 4.11. The highest BCUT2D eigenvalue weighted by Gasteiger charge is 2.26. The van der Waals surface area contributed by atoms with E-state index < -0.39 is 10.7 Å². The fourth-order valence-corrected chi connectivity index (χ4v) is 1.18. The van der Waals surface area contributed by atoms with E-state index in [0.717, 1.165) is 11.8 Å². The zero-order valence-corrected chi connectivity index (χ0v) is 8.38. The fraction of sp³-hybridized carbons (Fsp3) is 0.714. The minimum absolute atomic E-state index is 0.0102. The van der Waals surface area contributed by atoms with Crippen LogP contribution in [0.25, 0.3) is 0 Å². The van der Waals surface area contributed by atoms with Gasteiger partial charge in [-0.1, -0.05) is 25.6 Å². The average Bonchev–Trinajstić information content (AvgIpc) is 1.84. The summed E-state index contributed by atoms with van der Waals surface area (Å²) in [4.78, 5) is 21.2. The summed E-state index contributed by atoms with van der Waals surface area (Å²) in [6.07, 6.45) is 0. The zero-order chi connectivity index (χ0) is 9.07. The number of carbonyl (C=O) groups is 2. The van der Waals surface area contributed by atoms with Crippen LogP contribution in [0.15, 0.2) is 0 Å². The van der Waals surface area contributed by atoms with Crippen LogP contribution in [0.4, 0.5) is 0 Å². The number of halogens is 1. The second kappa shape index (κ2) is 4.12. The van der Waals surface area contributed by atoms with E-state index in [1.165, 1.54) is 6.92 Å². The molecule has 0 spiro atoms. The molecule has 0 heterocycles. The molecule has 0 amide bonds. The molecule has 0 aliphatic carbocycles. The molecule has 0 aliphatic rings. The fourth-order valence-electron chi connectivity index (χ4n) is 0.339. The summed E-state index contributed by atoms with van der Waals surface area (Å²) in [5.74, 6) is 0.449. The van der Waals surface area contributed by atoms with Crippen LogP contribution in [0.3, 0.4) is 0 Å². The topological polar surface area (TPSA) is 34.1 Å². The highest BCUT2D eigenvalue weighted by Crippen LogP contribution is 2.24. The number of rotatable bonds is 3. The van der Waals surface area contributed by atoms with Gasteiger partial charge in [-0.3, -0.25) is 9.59 Å². The Hall–Kier alpha value is -0.0200. The Bertz CT molecular complexity index is 177. The second-order valence-corrected chi connectivity index (χ2v) is 4.43. The normalized spacial score (nSPS) is 11.3. The maximum atomic E-state index is 10.7. The van der Waals surface area contributed by atoms with E-state index in [9.17, 15) is 9.59 Å². The van der Waals surface area contributed by atoms with Crippen molar-refractivity contribution in [3.63, 3.8) is 0 Å². The minimum atomic E-state index is -0.599. The Balaban J connectivity index is 3.92. The van der Waals surface area contributed by atoms with Crippen molar-refractivity contribution in [3.05, 3.63) is 0 Å². The molecular formula is C7H11ClO2S. The molecule has 0 saturated heterocycles. The van der Waals surface area contributed by atoms with Gasteiger partial charge in [0, 0.05) is 18.1 Å². The third kappa shape index (κ3) is 4.43. The minimum Gasteiger partial charge on any atom is -0.288 e. The summed E-state index contributed by atoms with van der Waals surface area (Å²) >= 11 is 6.41.